The second-order valence-corrected chi connectivity index (χ2v) is 4.45. The smallest absolute Gasteiger partial charge is 0.205 e. The van der Waals surface area contributed by atoms with Gasteiger partial charge in [0.2, 0.25) is 5.95 Å². The molecule has 0 saturated carbocycles. The van der Waals surface area contributed by atoms with Gasteiger partial charge < -0.3 is 14.2 Å². The fourth-order valence-corrected chi connectivity index (χ4v) is 2.30. The Morgan fingerprint density at radius 2 is 2.38 bits per heavy atom. The number of aryl methyl sites for hydroxylation is 1. The third-order valence-corrected chi connectivity index (χ3v) is 3.16. The van der Waals surface area contributed by atoms with Crippen LogP contribution in [0.25, 0.3) is 0 Å². The van der Waals surface area contributed by atoms with E-state index < -0.39 is 0 Å². The first-order chi connectivity index (χ1) is 7.74. The van der Waals surface area contributed by atoms with E-state index in [9.17, 15) is 0 Å². The van der Waals surface area contributed by atoms with Crippen LogP contribution < -0.4 is 4.90 Å². The molecule has 0 aliphatic carbocycles. The van der Waals surface area contributed by atoms with Crippen LogP contribution in [0.1, 0.15) is 13.8 Å². The first-order valence-corrected chi connectivity index (χ1v) is 6.25. The van der Waals surface area contributed by atoms with Crippen LogP contribution in [0.4, 0.5) is 5.95 Å². The quantitative estimate of drug-likeness (QED) is 0.758. The van der Waals surface area contributed by atoms with Crippen molar-refractivity contribution in [3.63, 3.8) is 0 Å². The molecule has 2 unspecified atom stereocenters. The molecule has 2 atom stereocenters. The van der Waals surface area contributed by atoms with E-state index in [2.05, 4.69) is 28.3 Å². The molecule has 1 fully saturated rings. The monoisotopic (exact) mass is 243 g/mol. The Morgan fingerprint density at radius 3 is 3.06 bits per heavy atom. The number of rotatable bonds is 3. The van der Waals surface area contributed by atoms with Gasteiger partial charge in [0.25, 0.3) is 0 Å². The summed E-state index contributed by atoms with van der Waals surface area (Å²) >= 11 is 5.87. The molecule has 4 nitrogen and oxygen atoms in total. The van der Waals surface area contributed by atoms with Crippen molar-refractivity contribution in [1.29, 1.82) is 0 Å². The van der Waals surface area contributed by atoms with E-state index in [0.29, 0.717) is 5.88 Å². The topological polar surface area (TPSA) is 30.3 Å². The van der Waals surface area contributed by atoms with Crippen LogP contribution in [0.2, 0.25) is 0 Å². The lowest BCUT2D eigenvalue weighted by Gasteiger charge is -2.36. The second-order valence-electron chi connectivity index (χ2n) is 4.14. The maximum Gasteiger partial charge on any atom is 0.205 e. The van der Waals surface area contributed by atoms with E-state index >= 15 is 0 Å². The van der Waals surface area contributed by atoms with Gasteiger partial charge in [0.15, 0.2) is 0 Å². The molecule has 2 heterocycles. The molecule has 0 amide bonds. The number of aromatic nitrogens is 2. The van der Waals surface area contributed by atoms with Crippen LogP contribution in [-0.2, 0) is 11.3 Å². The van der Waals surface area contributed by atoms with Gasteiger partial charge >= 0.3 is 0 Å². The minimum atomic E-state index is 0.104. The molecule has 0 bridgehead atoms. The lowest BCUT2D eigenvalue weighted by molar-refractivity contribution is -0.00400. The standard InChI is InChI=1S/C11H18ClN3O/c1-3-14-5-4-13-11(14)15-7-9(2)16-10(6-12)8-15/h4-5,9-10H,3,6-8H2,1-2H3. The maximum atomic E-state index is 5.87. The van der Waals surface area contributed by atoms with Crippen molar-refractivity contribution in [1.82, 2.24) is 9.55 Å². The average Bonchev–Trinajstić information content (AvgIpc) is 2.76. The normalized spacial score (nSPS) is 26.1. The minimum Gasteiger partial charge on any atom is -0.370 e. The number of ether oxygens (including phenoxy) is 1. The van der Waals surface area contributed by atoms with Crippen molar-refractivity contribution in [3.05, 3.63) is 12.4 Å². The summed E-state index contributed by atoms with van der Waals surface area (Å²) in [7, 11) is 0. The van der Waals surface area contributed by atoms with Gasteiger partial charge in [-0.1, -0.05) is 0 Å². The predicted molar refractivity (Wildman–Crippen MR) is 65.2 cm³/mol. The molecule has 16 heavy (non-hydrogen) atoms. The van der Waals surface area contributed by atoms with Gasteiger partial charge in [-0.15, -0.1) is 11.6 Å². The lowest BCUT2D eigenvalue weighted by atomic mass is 10.2. The summed E-state index contributed by atoms with van der Waals surface area (Å²) in [6.07, 6.45) is 4.16. The first kappa shape index (κ1) is 11.7. The highest BCUT2D eigenvalue weighted by Crippen LogP contribution is 2.19. The van der Waals surface area contributed by atoms with Gasteiger partial charge in [-0.25, -0.2) is 4.98 Å². The summed E-state index contributed by atoms with van der Waals surface area (Å²) in [6, 6.07) is 0. The number of morpholine rings is 1. The number of alkyl halides is 1. The highest BCUT2D eigenvalue weighted by atomic mass is 35.5. The zero-order valence-electron chi connectivity index (χ0n) is 9.77. The SMILES string of the molecule is CCn1ccnc1N1CC(C)OC(CCl)C1. The van der Waals surface area contributed by atoms with Gasteiger partial charge in [-0.3, -0.25) is 0 Å². The average molecular weight is 244 g/mol. The number of anilines is 1. The van der Waals surface area contributed by atoms with Gasteiger partial charge in [-0.2, -0.15) is 0 Å². The van der Waals surface area contributed by atoms with E-state index in [0.717, 1.165) is 25.6 Å². The Hall–Kier alpha value is -0.740. The molecule has 0 N–H and O–H groups in total. The van der Waals surface area contributed by atoms with Crippen molar-refractivity contribution in [3.8, 4) is 0 Å². The Morgan fingerprint density at radius 1 is 1.56 bits per heavy atom. The number of nitrogens with zero attached hydrogens (tertiary/aromatic N) is 3. The zero-order chi connectivity index (χ0) is 11.5. The van der Waals surface area contributed by atoms with E-state index in [-0.39, 0.29) is 12.2 Å². The van der Waals surface area contributed by atoms with Gasteiger partial charge in [-0.05, 0) is 13.8 Å². The lowest BCUT2D eigenvalue weighted by Crippen LogP contribution is -2.48. The summed E-state index contributed by atoms with van der Waals surface area (Å²) in [5.41, 5.74) is 0. The molecule has 0 radical (unpaired) electrons. The summed E-state index contributed by atoms with van der Waals surface area (Å²) in [6.45, 7) is 6.83. The van der Waals surface area contributed by atoms with Crippen molar-refractivity contribution in [2.75, 3.05) is 23.9 Å². The van der Waals surface area contributed by atoms with Crippen LogP contribution in [0, 0.1) is 0 Å². The highest BCUT2D eigenvalue weighted by Gasteiger charge is 2.26. The van der Waals surface area contributed by atoms with E-state index in [1.165, 1.54) is 0 Å². The highest BCUT2D eigenvalue weighted by molar-refractivity contribution is 6.18. The molecule has 1 aromatic heterocycles. The maximum absolute atomic E-state index is 5.87. The molecule has 1 saturated heterocycles. The first-order valence-electron chi connectivity index (χ1n) is 5.72. The Balaban J connectivity index is 2.14. The molecular formula is C11H18ClN3O. The Kier molecular flexibility index (Phi) is 3.71. The fraction of sp³-hybridized carbons (Fsp3) is 0.727. The molecule has 1 aromatic rings. The second kappa shape index (κ2) is 5.06. The molecule has 1 aliphatic rings. The summed E-state index contributed by atoms with van der Waals surface area (Å²) in [4.78, 5) is 6.66. The molecule has 90 valence electrons. The molecule has 1 aliphatic heterocycles. The van der Waals surface area contributed by atoms with Gasteiger partial charge in [0.1, 0.15) is 0 Å². The van der Waals surface area contributed by atoms with Crippen molar-refractivity contribution in [2.45, 2.75) is 32.6 Å². The molecular weight excluding hydrogens is 226 g/mol. The number of halogens is 1. The summed E-state index contributed by atoms with van der Waals surface area (Å²) in [5, 5.41) is 0. The summed E-state index contributed by atoms with van der Waals surface area (Å²) in [5.74, 6) is 1.56. The van der Waals surface area contributed by atoms with E-state index in [1.54, 1.807) is 0 Å². The number of hydrogen-bond donors (Lipinski definition) is 0. The Bertz CT molecular complexity index is 342. The summed E-state index contributed by atoms with van der Waals surface area (Å²) < 4.78 is 7.87. The van der Waals surface area contributed by atoms with E-state index in [4.69, 9.17) is 16.3 Å². The predicted octanol–water partition coefficient (Wildman–Crippen LogP) is 1.74. The number of hydrogen-bond acceptors (Lipinski definition) is 3. The van der Waals surface area contributed by atoms with Crippen LogP contribution in [0.15, 0.2) is 12.4 Å². The zero-order valence-corrected chi connectivity index (χ0v) is 10.5. The third kappa shape index (κ3) is 2.33. The van der Waals surface area contributed by atoms with Gasteiger partial charge in [0.05, 0.1) is 18.1 Å². The van der Waals surface area contributed by atoms with Crippen LogP contribution in [0.3, 0.4) is 0 Å². The Labute approximate surface area is 101 Å². The third-order valence-electron chi connectivity index (χ3n) is 2.82. The molecule has 0 aromatic carbocycles. The van der Waals surface area contributed by atoms with Crippen LogP contribution in [-0.4, -0.2) is 40.7 Å². The fourth-order valence-electron chi connectivity index (χ4n) is 2.13. The van der Waals surface area contributed by atoms with Crippen LogP contribution >= 0.6 is 11.6 Å². The molecule has 0 spiro atoms. The number of imidazole rings is 1. The molecule has 2 rings (SSSR count). The van der Waals surface area contributed by atoms with E-state index in [1.807, 2.05) is 12.4 Å². The van der Waals surface area contributed by atoms with Gasteiger partial charge in [0, 0.05) is 32.0 Å². The molecule has 5 heteroatoms. The van der Waals surface area contributed by atoms with Crippen LogP contribution in [0.5, 0.6) is 0 Å². The largest absolute Gasteiger partial charge is 0.370 e. The van der Waals surface area contributed by atoms with Crippen molar-refractivity contribution < 1.29 is 4.74 Å². The van der Waals surface area contributed by atoms with Crippen molar-refractivity contribution in [2.24, 2.45) is 0 Å². The van der Waals surface area contributed by atoms with Crippen molar-refractivity contribution >= 4 is 17.5 Å². The minimum absolute atomic E-state index is 0.104.